The first kappa shape index (κ1) is 24.5. The van der Waals surface area contributed by atoms with Crippen molar-refractivity contribution in [2.45, 2.75) is 11.8 Å². The van der Waals surface area contributed by atoms with Crippen LogP contribution in [0.1, 0.15) is 16.2 Å². The van der Waals surface area contributed by atoms with Crippen molar-refractivity contribution in [1.29, 1.82) is 0 Å². The minimum absolute atomic E-state index is 0. The van der Waals surface area contributed by atoms with Gasteiger partial charge in [-0.1, -0.05) is 0 Å². The average Bonchev–Trinajstić information content (AvgIpc) is 2.59. The van der Waals surface area contributed by atoms with Gasteiger partial charge in [0.1, 0.15) is 10.7 Å². The monoisotopic (exact) mass is 531 g/mol. The van der Waals surface area contributed by atoms with Gasteiger partial charge in [-0.15, -0.1) is 0 Å². The number of amides is 2. The molecule has 1 aromatic heterocycles. The molecule has 11 nitrogen and oxygen atoms in total. The number of halogens is 1. The van der Waals surface area contributed by atoms with Gasteiger partial charge in [-0.2, -0.15) is 15.0 Å². The van der Waals surface area contributed by atoms with Crippen molar-refractivity contribution in [1.82, 2.24) is 19.7 Å². The Bertz CT molecular complexity index is 1000. The van der Waals surface area contributed by atoms with E-state index in [1.54, 1.807) is 11.6 Å². The Morgan fingerprint density at radius 3 is 2.43 bits per heavy atom. The summed E-state index contributed by atoms with van der Waals surface area (Å²) in [6.45, 7) is 1.54. The molecule has 28 heavy (non-hydrogen) atoms. The predicted molar refractivity (Wildman–Crippen MR) is 108 cm³/mol. The number of ether oxygens (including phenoxy) is 2. The molecular formula is C14H15IN5NaO6S. The molecule has 146 valence electrons. The molecule has 0 radical (unpaired) electrons. The SMILES string of the molecule is COC(=O)c1ccc(I)cc1S(=O)(=O)NC(=O)Nc1nc(C)nc(OC)n1.[NaH]. The minimum atomic E-state index is -4.38. The second-order valence-electron chi connectivity index (χ2n) is 4.88. The van der Waals surface area contributed by atoms with Crippen LogP contribution in [0.25, 0.3) is 0 Å². The van der Waals surface area contributed by atoms with Crippen LogP contribution >= 0.6 is 22.6 Å². The van der Waals surface area contributed by atoms with E-state index < -0.39 is 26.9 Å². The van der Waals surface area contributed by atoms with E-state index in [4.69, 9.17) is 4.74 Å². The maximum atomic E-state index is 12.6. The fourth-order valence-corrected chi connectivity index (χ4v) is 3.74. The molecule has 0 aliphatic heterocycles. The van der Waals surface area contributed by atoms with Crippen LogP contribution < -0.4 is 14.8 Å². The standard InChI is InChI=1S/C14H14IN5O6S.Na.H/c1-7-16-12(19-14(17-7)26-3)18-13(22)20-27(23,24)10-6-8(15)4-5-9(10)11(21)25-2;;/h4-6H,1-3H3,(H2,16,17,18,19,20,22);;. The van der Waals surface area contributed by atoms with Gasteiger partial charge in [-0.05, 0) is 47.7 Å². The van der Waals surface area contributed by atoms with Crippen LogP contribution in [0, 0.1) is 10.5 Å². The molecule has 14 heteroatoms. The van der Waals surface area contributed by atoms with Crippen LogP contribution in [-0.4, -0.2) is 79.1 Å². The summed E-state index contributed by atoms with van der Waals surface area (Å²) in [6, 6.07) is 2.88. The van der Waals surface area contributed by atoms with Gasteiger partial charge in [0.15, 0.2) is 0 Å². The third-order valence-corrected chi connectivity index (χ3v) is 5.04. The number of hydrogen-bond acceptors (Lipinski definition) is 9. The molecule has 2 amide bonds. The molecule has 1 aromatic carbocycles. The summed E-state index contributed by atoms with van der Waals surface area (Å²) in [5, 5.41) is 2.17. The quantitative estimate of drug-likeness (QED) is 0.319. The Morgan fingerprint density at radius 1 is 1.14 bits per heavy atom. The molecule has 0 saturated heterocycles. The molecule has 0 saturated carbocycles. The molecule has 0 aliphatic carbocycles. The average molecular weight is 531 g/mol. The zero-order valence-corrected chi connectivity index (χ0v) is 17.3. The molecule has 2 rings (SSSR count). The summed E-state index contributed by atoms with van der Waals surface area (Å²) in [4.78, 5) is 35.0. The van der Waals surface area contributed by atoms with Crippen molar-refractivity contribution in [3.05, 3.63) is 33.2 Å². The van der Waals surface area contributed by atoms with Crippen LogP contribution in [0.5, 0.6) is 6.01 Å². The number of aromatic nitrogens is 3. The Balaban J connectivity index is 0.00000392. The third kappa shape index (κ3) is 6.23. The summed E-state index contributed by atoms with van der Waals surface area (Å²) >= 11 is 1.88. The third-order valence-electron chi connectivity index (χ3n) is 3.00. The fraction of sp³-hybridized carbons (Fsp3) is 0.214. The summed E-state index contributed by atoms with van der Waals surface area (Å²) in [5.41, 5.74) is -0.212. The van der Waals surface area contributed by atoms with E-state index in [1.807, 2.05) is 22.6 Å². The number of methoxy groups -OCH3 is 2. The van der Waals surface area contributed by atoms with Gasteiger partial charge in [0.05, 0.1) is 19.8 Å². The summed E-state index contributed by atoms with van der Waals surface area (Å²) in [6.07, 6.45) is 0. The summed E-state index contributed by atoms with van der Waals surface area (Å²) < 4.78 is 36.9. The number of anilines is 1. The van der Waals surface area contributed by atoms with E-state index >= 15 is 0 Å². The summed E-state index contributed by atoms with van der Waals surface area (Å²) in [7, 11) is -1.94. The van der Waals surface area contributed by atoms with Crippen molar-refractivity contribution in [3.8, 4) is 6.01 Å². The molecule has 0 unspecified atom stereocenters. The van der Waals surface area contributed by atoms with Crippen molar-refractivity contribution >= 4 is 80.1 Å². The van der Waals surface area contributed by atoms with E-state index in [-0.39, 0.29) is 52.9 Å². The number of hydrogen-bond donors (Lipinski definition) is 2. The van der Waals surface area contributed by atoms with Gasteiger partial charge in [0.25, 0.3) is 10.0 Å². The molecule has 0 spiro atoms. The topological polar surface area (TPSA) is 149 Å². The number of sulfonamides is 1. The number of nitrogens with zero attached hydrogens (tertiary/aromatic N) is 3. The van der Waals surface area contributed by atoms with Crippen LogP contribution in [0.3, 0.4) is 0 Å². The fourth-order valence-electron chi connectivity index (χ4n) is 1.91. The Kier molecular flexibility index (Phi) is 9.00. The second-order valence-corrected chi connectivity index (χ2v) is 7.78. The first-order chi connectivity index (χ1) is 12.7. The summed E-state index contributed by atoms with van der Waals surface area (Å²) in [5.74, 6) is -0.807. The number of carbonyl (C=O) groups is 2. The van der Waals surface area contributed by atoms with Crippen molar-refractivity contribution in [2.24, 2.45) is 0 Å². The Hall–Kier alpha value is -1.55. The van der Waals surface area contributed by atoms with Crippen LogP contribution in [0.2, 0.25) is 0 Å². The molecule has 1 heterocycles. The molecule has 0 atom stereocenters. The van der Waals surface area contributed by atoms with E-state index in [2.05, 4.69) is 25.0 Å². The van der Waals surface area contributed by atoms with Gasteiger partial charge in [-0.25, -0.2) is 22.7 Å². The van der Waals surface area contributed by atoms with Gasteiger partial charge in [0.2, 0.25) is 5.95 Å². The molecule has 0 bridgehead atoms. The molecule has 2 aromatic rings. The van der Waals surface area contributed by atoms with E-state index in [0.29, 0.717) is 3.57 Å². The number of carbonyl (C=O) groups excluding carboxylic acids is 2. The van der Waals surface area contributed by atoms with Gasteiger partial charge in [0, 0.05) is 3.57 Å². The molecule has 0 fully saturated rings. The van der Waals surface area contributed by atoms with Crippen molar-refractivity contribution in [3.63, 3.8) is 0 Å². The molecular weight excluding hydrogens is 516 g/mol. The zero-order valence-electron chi connectivity index (χ0n) is 14.3. The van der Waals surface area contributed by atoms with Gasteiger partial charge < -0.3 is 9.47 Å². The van der Waals surface area contributed by atoms with Gasteiger partial charge in [-0.3, -0.25) is 5.32 Å². The number of aryl methyl sites for hydroxylation is 1. The number of benzene rings is 1. The van der Waals surface area contributed by atoms with E-state index in [0.717, 1.165) is 7.11 Å². The van der Waals surface area contributed by atoms with Crippen LogP contribution in [-0.2, 0) is 14.8 Å². The van der Waals surface area contributed by atoms with Crippen molar-refractivity contribution in [2.75, 3.05) is 19.5 Å². The Labute approximate surface area is 196 Å². The second kappa shape index (κ2) is 10.3. The maximum absolute atomic E-state index is 12.6. The van der Waals surface area contributed by atoms with Crippen LogP contribution in [0.15, 0.2) is 23.1 Å². The first-order valence-electron chi connectivity index (χ1n) is 7.14. The van der Waals surface area contributed by atoms with Crippen LogP contribution in [0.4, 0.5) is 10.7 Å². The number of urea groups is 1. The normalized spacial score (nSPS) is 10.4. The van der Waals surface area contributed by atoms with E-state index in [1.165, 1.54) is 25.3 Å². The number of rotatable bonds is 5. The van der Waals surface area contributed by atoms with Gasteiger partial charge >= 0.3 is 47.6 Å². The number of esters is 1. The molecule has 0 aliphatic rings. The van der Waals surface area contributed by atoms with Crippen molar-refractivity contribution < 1.29 is 27.5 Å². The Morgan fingerprint density at radius 2 is 1.82 bits per heavy atom. The first-order valence-corrected chi connectivity index (χ1v) is 9.71. The molecule has 2 N–H and O–H groups in total. The predicted octanol–water partition coefficient (Wildman–Crippen LogP) is 0.442. The van der Waals surface area contributed by atoms with E-state index in [9.17, 15) is 18.0 Å². The zero-order chi connectivity index (χ0) is 20.2. The number of nitrogens with one attached hydrogen (secondary N) is 2.